The largest absolute Gasteiger partial charge is 0.472 e. The Morgan fingerprint density at radius 3 is 0.691 bits per heavy atom. The van der Waals surface area contributed by atoms with Gasteiger partial charge in [0.15, 0.2) is 12.2 Å². The first-order valence-electron chi connectivity index (χ1n) is 46.9. The van der Waals surface area contributed by atoms with Gasteiger partial charge in [0.2, 0.25) is 0 Å². The zero-order chi connectivity index (χ0) is 80.8. The van der Waals surface area contributed by atoms with Crippen molar-refractivity contribution in [2.24, 2.45) is 17.8 Å². The molecule has 0 fully saturated rings. The van der Waals surface area contributed by atoms with Gasteiger partial charge >= 0.3 is 39.5 Å². The molecule has 110 heavy (non-hydrogen) atoms. The molecule has 0 radical (unpaired) electrons. The van der Waals surface area contributed by atoms with Gasteiger partial charge in [0.05, 0.1) is 26.4 Å². The number of aliphatic hydroxyl groups excluding tert-OH is 1. The SMILES string of the molecule is CCCCCCCCCCCCC(=O)OC[C@H](COP(=O)(O)OC[C@H](O)COP(=O)(O)OC[C@@H](COC(=O)CCCCCCCCCCCCCCCCCCCCC(C)C)OC(=O)CCCCCCCCCCCCCCCCCCCCC(C)CC)OC(=O)CCCCCCCCCCCCCCCCC(C)C. The maximum Gasteiger partial charge on any atom is 0.472 e. The normalized spacial score (nSPS) is 14.0. The molecular weight excluding hydrogens is 1430 g/mol. The molecule has 0 aromatic rings. The molecule has 6 atom stereocenters. The minimum absolute atomic E-state index is 0.108. The first-order valence-corrected chi connectivity index (χ1v) is 49.9. The maximum absolute atomic E-state index is 13.2. The molecule has 0 aromatic heterocycles. The molecule has 0 heterocycles. The van der Waals surface area contributed by atoms with Gasteiger partial charge in [-0.05, 0) is 43.4 Å². The first kappa shape index (κ1) is 108. The van der Waals surface area contributed by atoms with E-state index in [1.807, 2.05) is 0 Å². The van der Waals surface area contributed by atoms with E-state index in [9.17, 15) is 43.2 Å². The van der Waals surface area contributed by atoms with Gasteiger partial charge < -0.3 is 33.8 Å². The molecule has 0 bridgehead atoms. The summed E-state index contributed by atoms with van der Waals surface area (Å²) < 4.78 is 69.0. The summed E-state index contributed by atoms with van der Waals surface area (Å²) in [5.74, 6) is 0.391. The predicted molar refractivity (Wildman–Crippen MR) is 455 cm³/mol. The fourth-order valence-corrected chi connectivity index (χ4v) is 15.8. The molecule has 0 amide bonds. The van der Waals surface area contributed by atoms with E-state index in [4.69, 9.17) is 37.0 Å². The summed E-state index contributed by atoms with van der Waals surface area (Å²) in [4.78, 5) is 73.4. The number of ether oxygens (including phenoxy) is 4. The topological polar surface area (TPSA) is 237 Å². The number of aliphatic hydroxyl groups is 1. The predicted octanol–water partition coefficient (Wildman–Crippen LogP) is 28.0. The van der Waals surface area contributed by atoms with Crippen LogP contribution in [0.15, 0.2) is 0 Å². The molecule has 3 unspecified atom stereocenters. The van der Waals surface area contributed by atoms with Crippen LogP contribution in [-0.4, -0.2) is 96.7 Å². The van der Waals surface area contributed by atoms with E-state index in [0.717, 1.165) is 108 Å². The standard InChI is InChI=1S/C91H178O17P2/c1-8-10-11-12-13-14-44-51-58-65-72-88(93)101-78-86(107-91(96)75-68-61-54-47-40-34-28-27-30-36-42-49-56-63-70-83(5)6)80-105-109(97,98)103-76-85(92)77-104-110(99,100)106-81-87(79-102-89(94)73-66-59-52-45-38-32-25-21-17-15-19-23-29-35-41-48-55-62-69-82(3)4)108-90(95)74-67-60-53-46-39-33-26-22-18-16-20-24-31-37-43-50-57-64-71-84(7)9-2/h82-87,92H,8-81H2,1-7H3,(H,97,98)(H,99,100)/t84?,85-,86+,87+/m0/s1. The van der Waals surface area contributed by atoms with Crippen LogP contribution in [0.2, 0.25) is 0 Å². The summed E-state index contributed by atoms with van der Waals surface area (Å²) in [5, 5.41) is 10.7. The second kappa shape index (κ2) is 80.8. The Balaban J connectivity index is 5.22. The summed E-state index contributed by atoms with van der Waals surface area (Å²) in [5.41, 5.74) is 0. The monoisotopic (exact) mass is 1610 g/mol. The van der Waals surface area contributed by atoms with Crippen molar-refractivity contribution in [2.45, 2.75) is 503 Å². The van der Waals surface area contributed by atoms with E-state index in [-0.39, 0.29) is 25.7 Å². The van der Waals surface area contributed by atoms with Crippen molar-refractivity contribution in [3.05, 3.63) is 0 Å². The van der Waals surface area contributed by atoms with Crippen molar-refractivity contribution in [3.8, 4) is 0 Å². The van der Waals surface area contributed by atoms with E-state index < -0.39 is 97.5 Å². The highest BCUT2D eigenvalue weighted by Crippen LogP contribution is 2.45. The lowest BCUT2D eigenvalue weighted by molar-refractivity contribution is -0.161. The molecule has 0 spiro atoms. The van der Waals surface area contributed by atoms with E-state index in [1.165, 1.54) is 295 Å². The van der Waals surface area contributed by atoms with Gasteiger partial charge in [-0.15, -0.1) is 0 Å². The lowest BCUT2D eigenvalue weighted by Crippen LogP contribution is -2.30. The number of esters is 4. The Labute approximate surface area is 677 Å². The molecule has 0 rings (SSSR count). The van der Waals surface area contributed by atoms with Gasteiger partial charge in [-0.3, -0.25) is 37.3 Å². The summed E-state index contributed by atoms with van der Waals surface area (Å²) in [6, 6.07) is 0. The van der Waals surface area contributed by atoms with Gasteiger partial charge in [0, 0.05) is 25.7 Å². The van der Waals surface area contributed by atoms with Crippen LogP contribution in [0, 0.1) is 17.8 Å². The number of carbonyl (C=O) groups is 4. The van der Waals surface area contributed by atoms with E-state index in [2.05, 4.69) is 48.5 Å². The highest BCUT2D eigenvalue weighted by Gasteiger charge is 2.31. The van der Waals surface area contributed by atoms with Crippen LogP contribution in [-0.2, 0) is 65.4 Å². The summed E-state index contributed by atoms with van der Waals surface area (Å²) in [6.07, 6.45) is 73.6. The third-order valence-electron chi connectivity index (χ3n) is 21.7. The fourth-order valence-electron chi connectivity index (χ4n) is 14.2. The molecule has 0 saturated heterocycles. The number of phosphoric ester groups is 2. The number of unbranched alkanes of at least 4 members (excludes halogenated alkanes) is 56. The molecule has 3 N–H and O–H groups in total. The molecule has 0 aromatic carbocycles. The van der Waals surface area contributed by atoms with Gasteiger partial charge in [-0.2, -0.15) is 0 Å². The van der Waals surface area contributed by atoms with Crippen molar-refractivity contribution >= 4 is 39.5 Å². The first-order chi connectivity index (χ1) is 53.3. The minimum atomic E-state index is -4.97. The molecule has 654 valence electrons. The molecule has 0 aliphatic carbocycles. The van der Waals surface area contributed by atoms with Gasteiger partial charge in [-0.25, -0.2) is 9.13 Å². The van der Waals surface area contributed by atoms with Crippen molar-refractivity contribution < 1.29 is 80.2 Å². The van der Waals surface area contributed by atoms with Crippen molar-refractivity contribution in [1.29, 1.82) is 0 Å². The molecule has 0 saturated carbocycles. The third-order valence-corrected chi connectivity index (χ3v) is 23.6. The van der Waals surface area contributed by atoms with Crippen LogP contribution >= 0.6 is 15.6 Å². The molecule has 0 aliphatic heterocycles. The lowest BCUT2D eigenvalue weighted by atomic mass is 9.99. The average molecular weight is 1610 g/mol. The van der Waals surface area contributed by atoms with Crippen molar-refractivity contribution in [2.75, 3.05) is 39.6 Å². The second-order valence-corrected chi connectivity index (χ2v) is 36.8. The average Bonchev–Trinajstić information content (AvgIpc) is 0.896. The zero-order valence-corrected chi connectivity index (χ0v) is 74.5. The Hall–Kier alpha value is -1.94. The molecular formula is C91H178O17P2. The highest BCUT2D eigenvalue weighted by atomic mass is 31.2. The molecule has 19 heteroatoms. The quantitative estimate of drug-likeness (QED) is 0.0222. The minimum Gasteiger partial charge on any atom is -0.462 e. The fraction of sp³-hybridized carbons (Fsp3) is 0.956. The van der Waals surface area contributed by atoms with Crippen LogP contribution in [0.3, 0.4) is 0 Å². The third kappa shape index (κ3) is 82.6. The van der Waals surface area contributed by atoms with E-state index in [0.29, 0.717) is 25.7 Å². The number of hydrogen-bond acceptors (Lipinski definition) is 15. The number of rotatable bonds is 89. The maximum atomic E-state index is 13.2. The Bertz CT molecular complexity index is 2120. The highest BCUT2D eigenvalue weighted by molar-refractivity contribution is 7.47. The van der Waals surface area contributed by atoms with Crippen LogP contribution in [0.4, 0.5) is 0 Å². The summed E-state index contributed by atoms with van der Waals surface area (Å²) in [7, 11) is -9.93. The summed E-state index contributed by atoms with van der Waals surface area (Å²) in [6.45, 7) is 12.1. The second-order valence-electron chi connectivity index (χ2n) is 33.9. The summed E-state index contributed by atoms with van der Waals surface area (Å²) >= 11 is 0. The van der Waals surface area contributed by atoms with Gasteiger partial charge in [0.1, 0.15) is 19.3 Å². The lowest BCUT2D eigenvalue weighted by Gasteiger charge is -2.21. The van der Waals surface area contributed by atoms with E-state index in [1.54, 1.807) is 0 Å². The van der Waals surface area contributed by atoms with Gasteiger partial charge in [-0.1, -0.05) is 434 Å². The number of carbonyl (C=O) groups excluding carboxylic acids is 4. The molecule has 0 aliphatic rings. The van der Waals surface area contributed by atoms with Crippen LogP contribution in [0.1, 0.15) is 485 Å². The van der Waals surface area contributed by atoms with Crippen molar-refractivity contribution in [1.82, 2.24) is 0 Å². The Morgan fingerprint density at radius 1 is 0.264 bits per heavy atom. The van der Waals surface area contributed by atoms with Crippen LogP contribution in [0.5, 0.6) is 0 Å². The number of hydrogen-bond donors (Lipinski definition) is 3. The number of phosphoric acid groups is 2. The smallest absolute Gasteiger partial charge is 0.462 e. The van der Waals surface area contributed by atoms with E-state index >= 15 is 0 Å². The zero-order valence-electron chi connectivity index (χ0n) is 72.7. The molecule has 17 nitrogen and oxygen atoms in total. The van der Waals surface area contributed by atoms with Crippen LogP contribution in [0.25, 0.3) is 0 Å². The Morgan fingerprint density at radius 2 is 0.464 bits per heavy atom. The van der Waals surface area contributed by atoms with Gasteiger partial charge in [0.25, 0.3) is 0 Å². The van der Waals surface area contributed by atoms with Crippen molar-refractivity contribution in [3.63, 3.8) is 0 Å². The van der Waals surface area contributed by atoms with Crippen LogP contribution < -0.4 is 0 Å². The Kier molecular flexibility index (Phi) is 79.4.